The number of aromatic amines is 1. The van der Waals surface area contributed by atoms with Crippen molar-refractivity contribution in [2.75, 3.05) is 14.2 Å². The second-order valence-corrected chi connectivity index (χ2v) is 9.08. The van der Waals surface area contributed by atoms with Crippen LogP contribution in [0.3, 0.4) is 0 Å². The maximum Gasteiger partial charge on any atom is 0.410 e. The molecule has 1 N–H and O–H groups in total. The van der Waals surface area contributed by atoms with Gasteiger partial charge >= 0.3 is 6.09 Å². The molecular weight excluding hydrogens is 382 g/mol. The molecule has 7 heteroatoms. The van der Waals surface area contributed by atoms with Gasteiger partial charge in [0.15, 0.2) is 0 Å². The van der Waals surface area contributed by atoms with Crippen molar-refractivity contribution in [3.63, 3.8) is 0 Å². The molecule has 1 aromatic carbocycles. The molecule has 30 heavy (non-hydrogen) atoms. The predicted molar refractivity (Wildman–Crippen MR) is 119 cm³/mol. The van der Waals surface area contributed by atoms with E-state index in [1.54, 1.807) is 24.1 Å². The molecule has 0 bridgehead atoms. The highest BCUT2D eigenvalue weighted by molar-refractivity contribution is 5.80. The summed E-state index contributed by atoms with van der Waals surface area (Å²) in [6.45, 7) is 9.89. The minimum Gasteiger partial charge on any atom is -0.496 e. The van der Waals surface area contributed by atoms with E-state index in [4.69, 9.17) is 9.47 Å². The quantitative estimate of drug-likeness (QED) is 0.767. The number of hydrogen-bond acceptors (Lipinski definition) is 5. The molecule has 0 aliphatic heterocycles. The van der Waals surface area contributed by atoms with Crippen LogP contribution in [0.2, 0.25) is 0 Å². The zero-order valence-electron chi connectivity index (χ0n) is 19.2. The summed E-state index contributed by atoms with van der Waals surface area (Å²) in [6.07, 6.45) is 5.86. The Labute approximate surface area is 178 Å². The highest BCUT2D eigenvalue weighted by Crippen LogP contribution is 2.27. The van der Waals surface area contributed by atoms with Gasteiger partial charge in [0.25, 0.3) is 5.56 Å². The van der Waals surface area contributed by atoms with Crippen molar-refractivity contribution in [2.45, 2.75) is 71.9 Å². The van der Waals surface area contributed by atoms with Crippen LogP contribution in [-0.2, 0) is 4.74 Å². The Morgan fingerprint density at radius 3 is 2.40 bits per heavy atom. The Balaban J connectivity index is 0.000000215. The molecule has 3 rings (SSSR count). The third kappa shape index (κ3) is 6.47. The minimum atomic E-state index is -0.396. The van der Waals surface area contributed by atoms with Gasteiger partial charge in [0.1, 0.15) is 11.4 Å². The molecule has 166 valence electrons. The van der Waals surface area contributed by atoms with E-state index < -0.39 is 5.60 Å². The van der Waals surface area contributed by atoms with Gasteiger partial charge < -0.3 is 19.4 Å². The number of aryl methyl sites for hydroxylation is 1. The van der Waals surface area contributed by atoms with E-state index in [2.05, 4.69) is 16.9 Å². The van der Waals surface area contributed by atoms with E-state index in [0.29, 0.717) is 16.9 Å². The lowest BCUT2D eigenvalue weighted by Gasteiger charge is -2.34. The summed E-state index contributed by atoms with van der Waals surface area (Å²) in [5.41, 5.74) is 1.06. The van der Waals surface area contributed by atoms with E-state index >= 15 is 0 Å². The molecule has 2 aromatic rings. The van der Waals surface area contributed by atoms with E-state index in [1.807, 2.05) is 34.7 Å². The summed E-state index contributed by atoms with van der Waals surface area (Å²) in [6, 6.07) is 3.91. The Morgan fingerprint density at radius 1 is 1.20 bits per heavy atom. The number of carbonyl (C=O) groups is 1. The van der Waals surface area contributed by atoms with Crippen LogP contribution in [-0.4, -0.2) is 46.8 Å². The largest absolute Gasteiger partial charge is 0.496 e. The van der Waals surface area contributed by atoms with Crippen LogP contribution in [0.25, 0.3) is 10.9 Å². The van der Waals surface area contributed by atoms with E-state index in [1.165, 1.54) is 19.2 Å². The molecule has 0 atom stereocenters. The molecule has 7 nitrogen and oxygen atoms in total. The minimum absolute atomic E-state index is 0.124. The number of rotatable bonds is 2. The van der Waals surface area contributed by atoms with Gasteiger partial charge in [0.2, 0.25) is 0 Å². The normalized spacial score (nSPS) is 18.9. The van der Waals surface area contributed by atoms with Gasteiger partial charge in [-0.1, -0.05) is 6.92 Å². The first-order valence-electron chi connectivity index (χ1n) is 10.5. The number of benzene rings is 1. The summed E-state index contributed by atoms with van der Waals surface area (Å²) in [5.74, 6) is 1.55. The molecule has 1 aliphatic carbocycles. The molecule has 0 saturated heterocycles. The van der Waals surface area contributed by atoms with Crippen LogP contribution >= 0.6 is 0 Å². The zero-order valence-corrected chi connectivity index (χ0v) is 19.2. The summed E-state index contributed by atoms with van der Waals surface area (Å²) >= 11 is 0. The van der Waals surface area contributed by atoms with Gasteiger partial charge in [0, 0.05) is 19.2 Å². The molecule has 0 radical (unpaired) electrons. The Hall–Kier alpha value is -2.57. The van der Waals surface area contributed by atoms with Crippen molar-refractivity contribution < 1.29 is 14.3 Å². The van der Waals surface area contributed by atoms with Crippen LogP contribution in [0, 0.1) is 12.8 Å². The van der Waals surface area contributed by atoms with Crippen LogP contribution in [0.4, 0.5) is 4.79 Å². The van der Waals surface area contributed by atoms with Gasteiger partial charge in [-0.05, 0) is 70.9 Å². The molecule has 1 heterocycles. The smallest absolute Gasteiger partial charge is 0.410 e. The highest BCUT2D eigenvalue weighted by Gasteiger charge is 2.27. The van der Waals surface area contributed by atoms with Gasteiger partial charge in [-0.2, -0.15) is 0 Å². The van der Waals surface area contributed by atoms with Crippen molar-refractivity contribution >= 4 is 17.0 Å². The number of methoxy groups -OCH3 is 1. The molecule has 0 spiro atoms. The fourth-order valence-electron chi connectivity index (χ4n) is 3.54. The Bertz CT molecular complexity index is 909. The molecule has 1 aromatic heterocycles. The fourth-order valence-corrected chi connectivity index (χ4v) is 3.54. The SMILES string of the molecule is CC1CCC(N(C)C(=O)OC(C)(C)C)CC1.COc1cc2nc[nH]c(=O)c2cc1C. The molecular formula is C23H35N3O4. The standard InChI is InChI=1S/C13H25NO2.C10H10N2O2/c1-10-6-8-11(9-7-10)14(5)12(15)16-13(2,3)4;1-6-3-7-8(4-9(6)14-2)11-5-12-10(7)13/h10-11H,6-9H2,1-5H3;3-5H,1-2H3,(H,11,12,13). The van der Waals surface area contributed by atoms with Crippen molar-refractivity contribution in [3.05, 3.63) is 34.4 Å². The maximum atomic E-state index is 11.8. The van der Waals surface area contributed by atoms with Crippen LogP contribution in [0.5, 0.6) is 5.75 Å². The zero-order chi connectivity index (χ0) is 22.5. The summed E-state index contributed by atoms with van der Waals surface area (Å²) < 4.78 is 10.5. The van der Waals surface area contributed by atoms with Gasteiger partial charge in [-0.25, -0.2) is 9.78 Å². The average molecular weight is 418 g/mol. The number of nitrogens with one attached hydrogen (secondary N) is 1. The van der Waals surface area contributed by atoms with Gasteiger partial charge in [-0.3, -0.25) is 4.79 Å². The maximum absolute atomic E-state index is 11.8. The van der Waals surface area contributed by atoms with Crippen molar-refractivity contribution in [2.24, 2.45) is 5.92 Å². The van der Waals surface area contributed by atoms with Crippen LogP contribution in [0.15, 0.2) is 23.3 Å². The third-order valence-electron chi connectivity index (χ3n) is 5.37. The topological polar surface area (TPSA) is 84.5 Å². The van der Waals surface area contributed by atoms with E-state index in [-0.39, 0.29) is 11.7 Å². The first kappa shape index (κ1) is 23.7. The molecule has 1 fully saturated rings. The lowest BCUT2D eigenvalue weighted by molar-refractivity contribution is 0.0175. The Morgan fingerprint density at radius 2 is 1.83 bits per heavy atom. The summed E-state index contributed by atoms with van der Waals surface area (Å²) in [4.78, 5) is 31.6. The molecule has 1 saturated carbocycles. The summed E-state index contributed by atoms with van der Waals surface area (Å²) in [5, 5.41) is 0.589. The number of nitrogens with zero attached hydrogens (tertiary/aromatic N) is 2. The molecule has 0 unspecified atom stereocenters. The first-order chi connectivity index (χ1) is 14.0. The Kier molecular flexibility index (Phi) is 7.87. The number of ether oxygens (including phenoxy) is 2. The highest BCUT2D eigenvalue weighted by atomic mass is 16.6. The monoisotopic (exact) mass is 417 g/mol. The lowest BCUT2D eigenvalue weighted by atomic mass is 9.87. The van der Waals surface area contributed by atoms with Crippen molar-refractivity contribution in [3.8, 4) is 5.75 Å². The third-order valence-corrected chi connectivity index (χ3v) is 5.37. The van der Waals surface area contributed by atoms with E-state index in [0.717, 1.165) is 30.1 Å². The number of H-pyrrole nitrogens is 1. The van der Waals surface area contributed by atoms with Crippen LogP contribution < -0.4 is 10.3 Å². The van der Waals surface area contributed by atoms with Gasteiger partial charge in [0.05, 0.1) is 24.3 Å². The second kappa shape index (κ2) is 9.96. The molecule has 1 amide bonds. The van der Waals surface area contributed by atoms with Gasteiger partial charge in [-0.15, -0.1) is 0 Å². The summed E-state index contributed by atoms with van der Waals surface area (Å²) in [7, 11) is 3.45. The van der Waals surface area contributed by atoms with Crippen molar-refractivity contribution in [1.82, 2.24) is 14.9 Å². The second-order valence-electron chi connectivity index (χ2n) is 9.08. The number of aromatic nitrogens is 2. The first-order valence-corrected chi connectivity index (χ1v) is 10.5. The number of hydrogen-bond donors (Lipinski definition) is 1. The average Bonchev–Trinajstić information content (AvgIpc) is 2.67. The van der Waals surface area contributed by atoms with Crippen LogP contribution in [0.1, 0.15) is 58.9 Å². The number of fused-ring (bicyclic) bond motifs is 1. The van der Waals surface area contributed by atoms with E-state index in [9.17, 15) is 9.59 Å². The molecule has 1 aliphatic rings. The predicted octanol–water partition coefficient (Wildman–Crippen LogP) is 4.67. The lowest BCUT2D eigenvalue weighted by Crippen LogP contribution is -2.42. The number of amides is 1. The van der Waals surface area contributed by atoms with Crippen molar-refractivity contribution in [1.29, 1.82) is 0 Å². The fraction of sp³-hybridized carbons (Fsp3) is 0.609. The number of carbonyl (C=O) groups excluding carboxylic acids is 1.